The molecule has 1 aliphatic heterocycles. The molecule has 0 aliphatic carbocycles. The Balaban J connectivity index is 0.00000127. The second-order valence-electron chi connectivity index (χ2n) is 4.30. The molecule has 122 valence electrons. The van der Waals surface area contributed by atoms with E-state index in [1.807, 2.05) is 19.2 Å². The lowest BCUT2D eigenvalue weighted by Crippen LogP contribution is -2.64. The van der Waals surface area contributed by atoms with Gasteiger partial charge in [-0.25, -0.2) is 4.79 Å². The third kappa shape index (κ3) is 3.79. The van der Waals surface area contributed by atoms with Crippen LogP contribution in [0.2, 0.25) is 0 Å². The minimum atomic E-state index is -1.51. The van der Waals surface area contributed by atoms with E-state index in [4.69, 9.17) is 0 Å². The van der Waals surface area contributed by atoms with Gasteiger partial charge in [-0.2, -0.15) is 0 Å². The summed E-state index contributed by atoms with van der Waals surface area (Å²) in [4.78, 5) is 58.3. The Morgan fingerprint density at radius 3 is 2.43 bits per heavy atom. The number of imide groups is 2. The average molecular weight is 319 g/mol. The molecule has 23 heavy (non-hydrogen) atoms. The Labute approximate surface area is 132 Å². The van der Waals surface area contributed by atoms with Crippen molar-refractivity contribution in [1.82, 2.24) is 15.5 Å². The molecule has 0 radical (unpaired) electrons. The highest BCUT2D eigenvalue weighted by Gasteiger charge is 2.39. The summed E-state index contributed by atoms with van der Waals surface area (Å²) < 4.78 is 0. The molecule has 0 aromatic heterocycles. The number of urea groups is 1. The van der Waals surface area contributed by atoms with Crippen LogP contribution in [0.4, 0.5) is 4.79 Å². The lowest BCUT2D eigenvalue weighted by molar-refractivity contribution is -0.138. The van der Waals surface area contributed by atoms with E-state index in [0.717, 1.165) is 0 Å². The molecule has 0 bridgehead atoms. The van der Waals surface area contributed by atoms with Gasteiger partial charge in [-0.15, -0.1) is 0 Å². The number of rotatable bonds is 3. The summed E-state index contributed by atoms with van der Waals surface area (Å²) in [7, 11) is 1.18. The molecule has 2 rings (SSSR count). The molecule has 1 fully saturated rings. The number of carbonyl (C=O) groups excluding carboxylic acids is 5. The highest BCUT2D eigenvalue weighted by atomic mass is 16.2. The topological polar surface area (TPSA) is 113 Å². The van der Waals surface area contributed by atoms with E-state index in [1.54, 1.807) is 12.1 Å². The number of aldehydes is 1. The zero-order chi connectivity index (χ0) is 17.6. The molecule has 1 atom stereocenters. The van der Waals surface area contributed by atoms with Crippen LogP contribution in [0.5, 0.6) is 0 Å². The molecule has 8 nitrogen and oxygen atoms in total. The van der Waals surface area contributed by atoms with E-state index in [2.05, 4.69) is 5.32 Å². The monoisotopic (exact) mass is 319 g/mol. The smallest absolute Gasteiger partial charge is 0.330 e. The second kappa shape index (κ2) is 7.83. The van der Waals surface area contributed by atoms with E-state index in [9.17, 15) is 24.0 Å². The number of nitrogens with zero attached hydrogens (tertiary/aromatic N) is 1. The fourth-order valence-electron chi connectivity index (χ4n) is 1.81. The van der Waals surface area contributed by atoms with Crippen molar-refractivity contribution in [1.29, 1.82) is 0 Å². The number of carbonyl (C=O) groups is 5. The molecule has 2 N–H and O–H groups in total. The first kappa shape index (κ1) is 18.0. The minimum Gasteiger partial charge on any atom is -0.332 e. The van der Waals surface area contributed by atoms with Gasteiger partial charge in [-0.3, -0.25) is 29.4 Å². The Bertz CT molecular complexity index is 656. The molecular formula is C15H17N3O5. The van der Waals surface area contributed by atoms with Crippen LogP contribution in [-0.2, 0) is 9.59 Å². The maximum Gasteiger partial charge on any atom is 0.330 e. The van der Waals surface area contributed by atoms with Crippen LogP contribution in [0, 0.1) is 0 Å². The number of hydrogen-bond acceptors (Lipinski definition) is 5. The van der Waals surface area contributed by atoms with E-state index in [1.165, 1.54) is 19.2 Å². The third-order valence-electron chi connectivity index (χ3n) is 2.98. The van der Waals surface area contributed by atoms with Gasteiger partial charge in [-0.1, -0.05) is 32.0 Å². The maximum atomic E-state index is 12.1. The molecule has 0 spiro atoms. The average Bonchev–Trinajstić information content (AvgIpc) is 2.58. The summed E-state index contributed by atoms with van der Waals surface area (Å²) in [5, 5.41) is 4.15. The molecule has 1 heterocycles. The molecule has 1 aromatic rings. The molecule has 1 aliphatic rings. The number of amides is 5. The number of nitrogens with one attached hydrogen (secondary N) is 2. The van der Waals surface area contributed by atoms with Crippen molar-refractivity contribution in [3.63, 3.8) is 0 Å². The van der Waals surface area contributed by atoms with Crippen LogP contribution in [0.25, 0.3) is 0 Å². The summed E-state index contributed by atoms with van der Waals surface area (Å²) in [6, 6.07) is 3.56. The lowest BCUT2D eigenvalue weighted by atomic mass is 10.1. The van der Waals surface area contributed by atoms with Gasteiger partial charge in [-0.05, 0) is 6.07 Å². The number of likely N-dealkylation sites (N-methyl/N-ethyl adjacent to an activating group) is 1. The van der Waals surface area contributed by atoms with Gasteiger partial charge in [0, 0.05) is 18.2 Å². The lowest BCUT2D eigenvalue weighted by Gasteiger charge is -2.27. The van der Waals surface area contributed by atoms with Gasteiger partial charge >= 0.3 is 6.03 Å². The van der Waals surface area contributed by atoms with Gasteiger partial charge in [0.25, 0.3) is 17.7 Å². The highest BCUT2D eigenvalue weighted by Crippen LogP contribution is 2.08. The fraction of sp³-hybridized carbons (Fsp3) is 0.267. The zero-order valence-electron chi connectivity index (χ0n) is 13.0. The predicted molar refractivity (Wildman–Crippen MR) is 80.7 cm³/mol. The molecule has 1 unspecified atom stereocenters. The van der Waals surface area contributed by atoms with Crippen molar-refractivity contribution in [2.45, 2.75) is 19.9 Å². The van der Waals surface area contributed by atoms with E-state index in [0.29, 0.717) is 11.2 Å². The van der Waals surface area contributed by atoms with Crippen molar-refractivity contribution >= 4 is 30.0 Å². The van der Waals surface area contributed by atoms with Crippen LogP contribution in [0.1, 0.15) is 34.6 Å². The third-order valence-corrected chi connectivity index (χ3v) is 2.98. The first-order valence-corrected chi connectivity index (χ1v) is 6.93. The summed E-state index contributed by atoms with van der Waals surface area (Å²) in [6.45, 7) is 4.00. The van der Waals surface area contributed by atoms with Crippen LogP contribution in [0.3, 0.4) is 0 Å². The SMILES string of the molecule is CC.CN1C(=O)NC(=O)C(NC(=O)c2ccccc2C=O)C1=O. The van der Waals surface area contributed by atoms with Crippen molar-refractivity contribution in [2.24, 2.45) is 0 Å². The molecular weight excluding hydrogens is 302 g/mol. The van der Waals surface area contributed by atoms with Crippen molar-refractivity contribution in [3.8, 4) is 0 Å². The second-order valence-corrected chi connectivity index (χ2v) is 4.30. The van der Waals surface area contributed by atoms with Gasteiger partial charge in [0.1, 0.15) is 0 Å². The van der Waals surface area contributed by atoms with E-state index >= 15 is 0 Å². The van der Waals surface area contributed by atoms with E-state index < -0.39 is 29.8 Å². The zero-order valence-corrected chi connectivity index (χ0v) is 13.0. The van der Waals surface area contributed by atoms with Crippen LogP contribution in [-0.4, -0.2) is 48.0 Å². The fourth-order valence-corrected chi connectivity index (χ4v) is 1.81. The van der Waals surface area contributed by atoms with Gasteiger partial charge < -0.3 is 5.32 Å². The Morgan fingerprint density at radius 1 is 1.22 bits per heavy atom. The molecule has 1 saturated heterocycles. The number of benzene rings is 1. The summed E-state index contributed by atoms with van der Waals surface area (Å²) in [6.07, 6.45) is 0.493. The quantitative estimate of drug-likeness (QED) is 0.616. The Hall–Kier alpha value is -3.03. The molecule has 1 aromatic carbocycles. The van der Waals surface area contributed by atoms with Crippen molar-refractivity contribution in [2.75, 3.05) is 7.05 Å². The number of hydrogen-bond donors (Lipinski definition) is 2. The summed E-state index contributed by atoms with van der Waals surface area (Å²) in [5.41, 5.74) is 0.163. The molecule has 5 amide bonds. The van der Waals surface area contributed by atoms with Crippen molar-refractivity contribution < 1.29 is 24.0 Å². The first-order chi connectivity index (χ1) is 11.0. The van der Waals surface area contributed by atoms with Gasteiger partial charge in [0.15, 0.2) is 12.3 Å². The Morgan fingerprint density at radius 2 is 1.83 bits per heavy atom. The first-order valence-electron chi connectivity index (χ1n) is 6.93. The largest absolute Gasteiger partial charge is 0.332 e. The summed E-state index contributed by atoms with van der Waals surface area (Å²) >= 11 is 0. The van der Waals surface area contributed by atoms with Crippen LogP contribution < -0.4 is 10.6 Å². The Kier molecular flexibility index (Phi) is 6.13. The predicted octanol–water partition coefficient (Wildman–Crippen LogP) is 0.332. The van der Waals surface area contributed by atoms with Gasteiger partial charge in [0.2, 0.25) is 0 Å². The maximum absolute atomic E-state index is 12.1. The van der Waals surface area contributed by atoms with E-state index in [-0.39, 0.29) is 11.1 Å². The standard InChI is InChI=1S/C13H11N3O5.C2H6/c1-16-12(20)9(11(19)15-13(16)21)14-10(18)8-5-3-2-4-7(8)6-17;1-2/h2-6,9H,1H3,(H,14,18)(H,15,19,21);1-2H3. The van der Waals surface area contributed by atoms with Crippen LogP contribution >= 0.6 is 0 Å². The van der Waals surface area contributed by atoms with Gasteiger partial charge in [0.05, 0.1) is 0 Å². The highest BCUT2D eigenvalue weighted by molar-refractivity contribution is 6.20. The molecule has 0 saturated carbocycles. The molecule has 8 heteroatoms. The number of barbiturate groups is 1. The summed E-state index contributed by atoms with van der Waals surface area (Å²) in [5.74, 6) is -2.52. The minimum absolute atomic E-state index is 0.0349. The normalized spacial score (nSPS) is 16.9. The van der Waals surface area contributed by atoms with Crippen molar-refractivity contribution in [3.05, 3.63) is 35.4 Å². The van der Waals surface area contributed by atoms with Crippen LogP contribution in [0.15, 0.2) is 24.3 Å².